The van der Waals surface area contributed by atoms with Crippen molar-refractivity contribution in [3.05, 3.63) is 89.5 Å². The molecule has 0 radical (unpaired) electrons. The fourth-order valence-electron chi connectivity index (χ4n) is 4.99. The van der Waals surface area contributed by atoms with Gasteiger partial charge in [-0.15, -0.1) is 0 Å². The van der Waals surface area contributed by atoms with Crippen LogP contribution in [0.5, 0.6) is 0 Å². The summed E-state index contributed by atoms with van der Waals surface area (Å²) in [7, 11) is 2.71. The number of rotatable bonds is 9. The van der Waals surface area contributed by atoms with Gasteiger partial charge in [0.2, 0.25) is 0 Å². The molecule has 0 unspecified atom stereocenters. The Morgan fingerprint density at radius 3 is 2.24 bits per heavy atom. The smallest absolute Gasteiger partial charge is 0.329 e. The summed E-state index contributed by atoms with van der Waals surface area (Å²) >= 11 is 0. The first-order valence-electron chi connectivity index (χ1n) is 11.8. The molecule has 5 heteroatoms. The molecule has 0 aliphatic heterocycles. The number of esters is 2. The predicted octanol–water partition coefficient (Wildman–Crippen LogP) is 5.78. The van der Waals surface area contributed by atoms with E-state index in [1.807, 2.05) is 36.4 Å². The number of methoxy groups -OCH3 is 2. The van der Waals surface area contributed by atoms with Gasteiger partial charge in [0, 0.05) is 11.6 Å². The van der Waals surface area contributed by atoms with Gasteiger partial charge >= 0.3 is 11.9 Å². The Morgan fingerprint density at radius 1 is 0.853 bits per heavy atom. The fraction of sp³-hybridized carbons (Fsp3) is 0.310. The number of hydrogen-bond acceptors (Lipinski definition) is 5. The predicted molar refractivity (Wildman–Crippen MR) is 134 cm³/mol. The van der Waals surface area contributed by atoms with Gasteiger partial charge in [0.25, 0.3) is 0 Å². The molecule has 0 fully saturated rings. The number of fused-ring (bicyclic) bond motifs is 3. The van der Waals surface area contributed by atoms with Crippen LogP contribution < -0.4 is 5.32 Å². The number of hydrogen-bond donors (Lipinski definition) is 1. The van der Waals surface area contributed by atoms with Crippen LogP contribution in [0.25, 0.3) is 11.1 Å². The first-order valence-corrected chi connectivity index (χ1v) is 11.8. The van der Waals surface area contributed by atoms with Gasteiger partial charge in [-0.05, 0) is 40.3 Å². The van der Waals surface area contributed by atoms with Crippen LogP contribution in [0.15, 0.2) is 72.8 Å². The number of unbranched alkanes of at least 4 members (excludes halogenated alkanes) is 1. The summed E-state index contributed by atoms with van der Waals surface area (Å²) in [5.41, 5.74) is 6.63. The average molecular weight is 458 g/mol. The van der Waals surface area contributed by atoms with E-state index in [0.29, 0.717) is 6.42 Å². The maximum absolute atomic E-state index is 12.9. The molecule has 0 saturated carbocycles. The molecule has 1 aliphatic carbocycles. The highest BCUT2D eigenvalue weighted by Gasteiger charge is 2.38. The van der Waals surface area contributed by atoms with Crippen molar-refractivity contribution < 1.29 is 19.1 Å². The molecule has 4 rings (SSSR count). The van der Waals surface area contributed by atoms with Gasteiger partial charge in [-0.2, -0.15) is 0 Å². The highest BCUT2D eigenvalue weighted by molar-refractivity contribution is 5.90. The Hall–Kier alpha value is -3.60. The second-order valence-electron chi connectivity index (χ2n) is 8.61. The van der Waals surface area contributed by atoms with Crippen LogP contribution in [-0.4, -0.2) is 32.2 Å². The minimum Gasteiger partial charge on any atom is -0.469 e. The zero-order chi connectivity index (χ0) is 24.1. The molecule has 176 valence electrons. The SMILES string of the molecule is CCCC[C@H](C(=O)OC)[C@H](Nc1cccc2c1[C@@H](c1ccccc1)c1ccccc1-2)C(=O)OC. The van der Waals surface area contributed by atoms with Gasteiger partial charge in [0.05, 0.1) is 20.1 Å². The van der Waals surface area contributed by atoms with E-state index >= 15 is 0 Å². The van der Waals surface area contributed by atoms with E-state index in [-0.39, 0.29) is 5.92 Å². The van der Waals surface area contributed by atoms with Gasteiger partial charge in [0.15, 0.2) is 0 Å². The van der Waals surface area contributed by atoms with E-state index in [9.17, 15) is 9.59 Å². The topological polar surface area (TPSA) is 64.6 Å². The maximum atomic E-state index is 12.9. The van der Waals surface area contributed by atoms with Gasteiger partial charge in [-0.25, -0.2) is 4.79 Å². The molecule has 0 heterocycles. The van der Waals surface area contributed by atoms with Crippen molar-refractivity contribution in [2.24, 2.45) is 5.92 Å². The zero-order valence-corrected chi connectivity index (χ0v) is 19.9. The summed E-state index contributed by atoms with van der Waals surface area (Å²) in [5, 5.41) is 3.41. The number of benzene rings is 3. The van der Waals surface area contributed by atoms with Crippen molar-refractivity contribution in [1.29, 1.82) is 0 Å². The van der Waals surface area contributed by atoms with E-state index in [0.717, 1.165) is 29.7 Å². The first kappa shape index (κ1) is 23.6. The van der Waals surface area contributed by atoms with Crippen molar-refractivity contribution in [3.8, 4) is 11.1 Å². The second kappa shape index (κ2) is 10.6. The number of carbonyl (C=O) groups excluding carboxylic acids is 2. The lowest BCUT2D eigenvalue weighted by Gasteiger charge is -2.27. The monoisotopic (exact) mass is 457 g/mol. The molecular formula is C29H31NO4. The summed E-state index contributed by atoms with van der Waals surface area (Å²) < 4.78 is 10.2. The average Bonchev–Trinajstić information content (AvgIpc) is 3.23. The summed E-state index contributed by atoms with van der Waals surface area (Å²) in [5.74, 6) is -1.52. The maximum Gasteiger partial charge on any atom is 0.329 e. The lowest BCUT2D eigenvalue weighted by molar-refractivity contribution is -0.153. The Bertz CT molecular complexity index is 1160. The third kappa shape index (κ3) is 4.43. The van der Waals surface area contributed by atoms with Crippen molar-refractivity contribution >= 4 is 17.6 Å². The molecule has 0 spiro atoms. The van der Waals surface area contributed by atoms with Crippen LogP contribution in [-0.2, 0) is 19.1 Å². The van der Waals surface area contributed by atoms with Crippen LogP contribution in [0.4, 0.5) is 5.69 Å². The highest BCUT2D eigenvalue weighted by Crippen LogP contribution is 2.51. The third-order valence-corrected chi connectivity index (χ3v) is 6.63. The molecule has 0 saturated heterocycles. The van der Waals surface area contributed by atoms with E-state index in [2.05, 4.69) is 48.6 Å². The standard InChI is InChI=1S/C29H31NO4/c1-4-5-14-23(28(31)33-2)27(29(32)34-3)30-24-18-11-17-22-20-15-9-10-16-21(20)25(26(22)24)19-12-7-6-8-13-19/h6-13,15-18,23,25,27,30H,4-5,14H2,1-3H3/t23-,25-,27-/m0/s1. The van der Waals surface area contributed by atoms with Crippen molar-refractivity contribution in [3.63, 3.8) is 0 Å². The summed E-state index contributed by atoms with van der Waals surface area (Å²) in [4.78, 5) is 25.6. The Morgan fingerprint density at radius 2 is 1.53 bits per heavy atom. The second-order valence-corrected chi connectivity index (χ2v) is 8.61. The minimum absolute atomic E-state index is 0.0154. The van der Waals surface area contributed by atoms with E-state index < -0.39 is 23.9 Å². The molecule has 1 N–H and O–H groups in total. The van der Waals surface area contributed by atoms with Gasteiger partial charge in [0.1, 0.15) is 6.04 Å². The van der Waals surface area contributed by atoms with Gasteiger partial charge in [-0.3, -0.25) is 4.79 Å². The number of ether oxygens (including phenoxy) is 2. The molecular weight excluding hydrogens is 426 g/mol. The number of nitrogens with one attached hydrogen (secondary N) is 1. The summed E-state index contributed by atoms with van der Waals surface area (Å²) in [6.45, 7) is 2.06. The molecule has 3 atom stereocenters. The van der Waals surface area contributed by atoms with Crippen LogP contribution in [0.2, 0.25) is 0 Å². The Balaban J connectivity index is 1.82. The molecule has 0 bridgehead atoms. The molecule has 3 aromatic carbocycles. The molecule has 5 nitrogen and oxygen atoms in total. The Kier molecular flexibility index (Phi) is 7.31. The van der Waals surface area contributed by atoms with Crippen molar-refractivity contribution in [2.45, 2.75) is 38.1 Å². The van der Waals surface area contributed by atoms with Crippen molar-refractivity contribution in [1.82, 2.24) is 0 Å². The molecule has 34 heavy (non-hydrogen) atoms. The fourth-order valence-corrected chi connectivity index (χ4v) is 4.99. The van der Waals surface area contributed by atoms with Crippen LogP contribution in [0.3, 0.4) is 0 Å². The van der Waals surface area contributed by atoms with E-state index in [4.69, 9.17) is 9.47 Å². The molecule has 1 aliphatic rings. The van der Waals surface area contributed by atoms with E-state index in [1.54, 1.807) is 0 Å². The lowest BCUT2D eigenvalue weighted by Crippen LogP contribution is -2.42. The van der Waals surface area contributed by atoms with Crippen LogP contribution >= 0.6 is 0 Å². The number of carbonyl (C=O) groups is 2. The minimum atomic E-state index is -0.851. The molecule has 3 aromatic rings. The highest BCUT2D eigenvalue weighted by atomic mass is 16.5. The third-order valence-electron chi connectivity index (χ3n) is 6.63. The summed E-state index contributed by atoms with van der Waals surface area (Å²) in [6.07, 6.45) is 2.25. The van der Waals surface area contributed by atoms with Crippen molar-refractivity contribution in [2.75, 3.05) is 19.5 Å². The largest absolute Gasteiger partial charge is 0.469 e. The van der Waals surface area contributed by atoms with Gasteiger partial charge < -0.3 is 14.8 Å². The molecule has 0 amide bonds. The molecule has 0 aromatic heterocycles. The van der Waals surface area contributed by atoms with Crippen LogP contribution in [0, 0.1) is 5.92 Å². The lowest BCUT2D eigenvalue weighted by atomic mass is 9.87. The summed E-state index contributed by atoms with van der Waals surface area (Å²) in [6, 6.07) is 24.0. The number of anilines is 1. The Labute approximate surface area is 201 Å². The first-order chi connectivity index (χ1) is 16.6. The normalized spacial score (nSPS) is 15.6. The zero-order valence-electron chi connectivity index (χ0n) is 19.9. The van der Waals surface area contributed by atoms with Gasteiger partial charge in [-0.1, -0.05) is 86.5 Å². The van der Waals surface area contributed by atoms with Crippen LogP contribution in [0.1, 0.15) is 48.8 Å². The van der Waals surface area contributed by atoms with E-state index in [1.165, 1.54) is 30.9 Å². The quantitative estimate of drug-likeness (QED) is 0.323.